The maximum Gasteiger partial charge on any atom is 0.387 e. The highest BCUT2D eigenvalue weighted by Gasteiger charge is 2.44. The van der Waals surface area contributed by atoms with Gasteiger partial charge in [0.2, 0.25) is 6.23 Å². The van der Waals surface area contributed by atoms with E-state index in [4.69, 9.17) is 28.8 Å². The lowest BCUT2D eigenvalue weighted by molar-refractivity contribution is -0.0499. The van der Waals surface area contributed by atoms with E-state index in [0.29, 0.717) is 29.2 Å². The Hall–Kier alpha value is -4.54. The number of hydrazone groups is 1. The van der Waals surface area contributed by atoms with E-state index in [1.165, 1.54) is 27.4 Å². The van der Waals surface area contributed by atoms with Gasteiger partial charge < -0.3 is 28.8 Å². The normalized spacial score (nSPS) is 17.7. The lowest BCUT2D eigenvalue weighted by Crippen LogP contribution is -2.35. The minimum Gasteiger partial charge on any atom is -0.493 e. The average Bonchev–Trinajstić information content (AvgIpc) is 3.37. The molecule has 0 amide bonds. The van der Waals surface area contributed by atoms with E-state index in [1.54, 1.807) is 41.4 Å². The van der Waals surface area contributed by atoms with Gasteiger partial charge in [0.1, 0.15) is 11.3 Å². The van der Waals surface area contributed by atoms with Crippen LogP contribution in [0.5, 0.6) is 28.7 Å². The summed E-state index contributed by atoms with van der Waals surface area (Å²) in [5.41, 5.74) is 1.74. The van der Waals surface area contributed by atoms with Crippen LogP contribution in [-0.2, 0) is 0 Å². The van der Waals surface area contributed by atoms with Gasteiger partial charge in [0.25, 0.3) is 0 Å². The van der Waals surface area contributed by atoms with Crippen molar-refractivity contribution in [3.8, 4) is 28.7 Å². The van der Waals surface area contributed by atoms with Crippen LogP contribution in [-0.4, -0.2) is 49.7 Å². The maximum absolute atomic E-state index is 13.1. The summed E-state index contributed by atoms with van der Waals surface area (Å²) >= 11 is 0. The molecule has 1 N–H and O–H groups in total. The molecular formula is C27H24F2N2O7. The monoisotopic (exact) mass is 526 g/mol. The summed E-state index contributed by atoms with van der Waals surface area (Å²) in [6, 6.07) is 14.6. The number of carbonyl (C=O) groups is 1. The van der Waals surface area contributed by atoms with Crippen molar-refractivity contribution in [3.05, 3.63) is 76.9 Å². The van der Waals surface area contributed by atoms with Gasteiger partial charge in [-0.05, 0) is 30.3 Å². The zero-order chi connectivity index (χ0) is 27.0. The van der Waals surface area contributed by atoms with Crippen molar-refractivity contribution in [2.75, 3.05) is 21.3 Å². The predicted molar refractivity (Wildman–Crippen MR) is 132 cm³/mol. The molecule has 5 rings (SSSR count). The molecule has 198 valence electrons. The number of hydrogen-bond acceptors (Lipinski definition) is 8. The van der Waals surface area contributed by atoms with E-state index in [2.05, 4.69) is 0 Å². The highest BCUT2D eigenvalue weighted by Crippen LogP contribution is 2.52. The van der Waals surface area contributed by atoms with Crippen LogP contribution in [0.25, 0.3) is 0 Å². The number of rotatable bonds is 8. The SMILES string of the molecule is COc1cccc2c1O[C@@H](c1ccc(OC)c(OC)c1C(=O)O)N1N=C(c3ccccc3OC(F)F)C[C@H]21. The first kappa shape index (κ1) is 25.1. The minimum absolute atomic E-state index is 0.0122. The zero-order valence-corrected chi connectivity index (χ0v) is 20.7. The molecule has 2 atom stereocenters. The van der Waals surface area contributed by atoms with Crippen molar-refractivity contribution in [3.63, 3.8) is 0 Å². The van der Waals surface area contributed by atoms with Crippen molar-refractivity contribution in [2.45, 2.75) is 25.3 Å². The van der Waals surface area contributed by atoms with Crippen LogP contribution in [0.1, 0.15) is 45.7 Å². The summed E-state index contributed by atoms with van der Waals surface area (Å²) in [5, 5.41) is 16.5. The van der Waals surface area contributed by atoms with E-state index < -0.39 is 24.9 Å². The Morgan fingerprint density at radius 2 is 1.71 bits per heavy atom. The van der Waals surface area contributed by atoms with E-state index in [1.807, 2.05) is 12.1 Å². The third kappa shape index (κ3) is 4.19. The lowest BCUT2D eigenvalue weighted by Gasteiger charge is -2.39. The molecule has 0 fully saturated rings. The van der Waals surface area contributed by atoms with Crippen molar-refractivity contribution in [1.82, 2.24) is 5.01 Å². The largest absolute Gasteiger partial charge is 0.493 e. The molecule has 11 heteroatoms. The molecule has 0 aromatic heterocycles. The number of benzene rings is 3. The second kappa shape index (κ2) is 10.1. The molecule has 3 aromatic carbocycles. The molecule has 2 aliphatic heterocycles. The van der Waals surface area contributed by atoms with Gasteiger partial charge in [0.05, 0.1) is 33.1 Å². The van der Waals surface area contributed by atoms with Crippen LogP contribution < -0.4 is 23.7 Å². The first-order valence-electron chi connectivity index (χ1n) is 11.6. The zero-order valence-electron chi connectivity index (χ0n) is 20.7. The number of carboxylic acid groups (broad SMARTS) is 1. The van der Waals surface area contributed by atoms with E-state index in [-0.39, 0.29) is 28.4 Å². The molecular weight excluding hydrogens is 502 g/mol. The third-order valence-corrected chi connectivity index (χ3v) is 6.47. The number of para-hydroxylation sites is 2. The molecule has 2 aliphatic rings. The molecule has 2 heterocycles. The van der Waals surface area contributed by atoms with Crippen molar-refractivity contribution < 1.29 is 42.4 Å². The number of nitrogens with zero attached hydrogens (tertiary/aromatic N) is 2. The topological polar surface area (TPSA) is 99.0 Å². The van der Waals surface area contributed by atoms with Gasteiger partial charge in [-0.15, -0.1) is 0 Å². The maximum atomic E-state index is 13.1. The first-order valence-corrected chi connectivity index (χ1v) is 11.6. The number of aromatic carboxylic acids is 1. The number of halogens is 2. The fourth-order valence-corrected chi connectivity index (χ4v) is 4.88. The number of carboxylic acids is 1. The standard InChI is InChI=1S/C27H24F2N2O7/c1-34-20-10-6-8-15-18-13-17(14-7-4-5-9-19(14)37-27(28)29)30-31(18)25(38-23(15)20)16-11-12-21(35-2)24(36-3)22(16)26(32)33/h4-12,18,25,27H,13H2,1-3H3,(H,32,33)/t18-,25+/m1/s1. The van der Waals surface area contributed by atoms with Crippen LogP contribution in [0.3, 0.4) is 0 Å². The fourth-order valence-electron chi connectivity index (χ4n) is 4.88. The van der Waals surface area contributed by atoms with Gasteiger partial charge in [0, 0.05) is 23.1 Å². The summed E-state index contributed by atoms with van der Waals surface area (Å²) in [4.78, 5) is 12.4. The number of fused-ring (bicyclic) bond motifs is 3. The number of methoxy groups -OCH3 is 3. The molecule has 3 aromatic rings. The van der Waals surface area contributed by atoms with Crippen LogP contribution in [0, 0.1) is 0 Å². The molecule has 0 radical (unpaired) electrons. The summed E-state index contributed by atoms with van der Waals surface area (Å²) in [6.07, 6.45) is -0.699. The Bertz CT molecular complexity index is 1410. The molecule has 9 nitrogen and oxygen atoms in total. The fraction of sp³-hybridized carbons (Fsp3) is 0.259. The Morgan fingerprint density at radius 1 is 0.974 bits per heavy atom. The van der Waals surface area contributed by atoms with Gasteiger partial charge in [-0.25, -0.2) is 9.80 Å². The molecule has 0 saturated carbocycles. The van der Waals surface area contributed by atoms with Crippen molar-refractivity contribution in [2.24, 2.45) is 5.10 Å². The number of hydrogen-bond donors (Lipinski definition) is 1. The van der Waals surface area contributed by atoms with E-state index >= 15 is 0 Å². The van der Waals surface area contributed by atoms with E-state index in [0.717, 1.165) is 5.56 Å². The third-order valence-electron chi connectivity index (χ3n) is 6.47. The summed E-state index contributed by atoms with van der Waals surface area (Å²) in [5.74, 6) is -0.104. The van der Waals surface area contributed by atoms with Gasteiger partial charge in [0.15, 0.2) is 23.0 Å². The number of ether oxygens (including phenoxy) is 5. The van der Waals surface area contributed by atoms with Crippen LogP contribution in [0.2, 0.25) is 0 Å². The molecule has 0 unspecified atom stereocenters. The first-order chi connectivity index (χ1) is 18.4. The van der Waals surface area contributed by atoms with Crippen molar-refractivity contribution in [1.29, 1.82) is 0 Å². The molecule has 0 spiro atoms. The quantitative estimate of drug-likeness (QED) is 0.425. The Kier molecular flexibility index (Phi) is 6.66. The summed E-state index contributed by atoms with van der Waals surface area (Å²) in [6.45, 7) is -3.01. The van der Waals surface area contributed by atoms with Crippen molar-refractivity contribution >= 4 is 11.7 Å². The number of alkyl halides is 2. The van der Waals surface area contributed by atoms with E-state index in [9.17, 15) is 18.7 Å². The average molecular weight is 526 g/mol. The highest BCUT2D eigenvalue weighted by molar-refractivity contribution is 6.04. The van der Waals surface area contributed by atoms with Crippen LogP contribution in [0.15, 0.2) is 59.7 Å². The van der Waals surface area contributed by atoms with Gasteiger partial charge in [-0.2, -0.15) is 13.9 Å². The Labute approximate surface area is 216 Å². The van der Waals surface area contributed by atoms with Crippen LogP contribution >= 0.6 is 0 Å². The summed E-state index contributed by atoms with van der Waals surface area (Å²) in [7, 11) is 4.27. The Morgan fingerprint density at radius 3 is 2.39 bits per heavy atom. The summed E-state index contributed by atoms with van der Waals surface area (Å²) < 4.78 is 53.6. The second-order valence-electron chi connectivity index (χ2n) is 8.44. The molecule has 0 saturated heterocycles. The Balaban J connectivity index is 1.69. The van der Waals surface area contributed by atoms with Gasteiger partial charge in [-0.3, -0.25) is 0 Å². The van der Waals surface area contributed by atoms with Gasteiger partial charge >= 0.3 is 12.6 Å². The molecule has 38 heavy (non-hydrogen) atoms. The minimum atomic E-state index is -3.01. The smallest absolute Gasteiger partial charge is 0.387 e. The predicted octanol–water partition coefficient (Wildman–Crippen LogP) is 5.25. The molecule has 0 bridgehead atoms. The second-order valence-corrected chi connectivity index (χ2v) is 8.44. The van der Waals surface area contributed by atoms with Gasteiger partial charge in [-0.1, -0.05) is 24.3 Å². The lowest BCUT2D eigenvalue weighted by atomic mass is 9.94. The highest BCUT2D eigenvalue weighted by atomic mass is 19.3. The molecule has 0 aliphatic carbocycles. The van der Waals surface area contributed by atoms with Crippen LogP contribution in [0.4, 0.5) is 8.78 Å².